The summed E-state index contributed by atoms with van der Waals surface area (Å²) < 4.78 is 5.49. The minimum atomic E-state index is -0.850. The number of hydrogen-bond acceptors (Lipinski definition) is 5. The van der Waals surface area contributed by atoms with Crippen LogP contribution in [-0.2, 0) is 14.3 Å². The highest BCUT2D eigenvalue weighted by atomic mass is 16.5. The molecule has 0 heterocycles. The first kappa shape index (κ1) is 67.3. The predicted octanol–water partition coefficient (Wildman–Crippen LogP) is 19.4. The van der Waals surface area contributed by atoms with Crippen LogP contribution in [0.3, 0.4) is 0 Å². The molecule has 0 aliphatic carbocycles. The average Bonchev–Trinajstić information content (AvgIpc) is 3.35. The molecule has 0 radical (unpaired) electrons. The highest BCUT2D eigenvalue weighted by molar-refractivity contribution is 5.76. The molecule has 6 nitrogen and oxygen atoms in total. The van der Waals surface area contributed by atoms with E-state index < -0.39 is 12.1 Å². The molecule has 0 bridgehead atoms. The van der Waals surface area contributed by atoms with Crippen molar-refractivity contribution in [2.45, 2.75) is 353 Å². The molecule has 408 valence electrons. The van der Waals surface area contributed by atoms with E-state index in [2.05, 4.69) is 31.3 Å². The van der Waals surface area contributed by atoms with Crippen molar-refractivity contribution in [3.8, 4) is 0 Å². The van der Waals surface area contributed by atoms with E-state index in [1.54, 1.807) is 6.08 Å². The van der Waals surface area contributed by atoms with Crippen LogP contribution in [0.1, 0.15) is 341 Å². The number of nitrogens with one attached hydrogen (secondary N) is 1. The SMILES string of the molecule is CCCCCCCCCCCCCCC/C=C/C(O)C(CO)NC(=O)CCCCCCCCC/C=C\CCCCCCCCCCOC(=O)CCCCCCCCCCCCCCCCCCCC. The molecule has 0 aliphatic rings. The summed E-state index contributed by atoms with van der Waals surface area (Å²) in [6.07, 6.45) is 72.1. The van der Waals surface area contributed by atoms with Gasteiger partial charge in [0.05, 0.1) is 25.4 Å². The maximum atomic E-state index is 12.5. The molecular formula is C63H121NO5. The molecule has 0 saturated heterocycles. The number of allylic oxidation sites excluding steroid dienone is 3. The van der Waals surface area contributed by atoms with Gasteiger partial charge >= 0.3 is 5.97 Å². The van der Waals surface area contributed by atoms with Gasteiger partial charge in [-0.3, -0.25) is 9.59 Å². The van der Waals surface area contributed by atoms with Gasteiger partial charge in [0.1, 0.15) is 0 Å². The Bertz CT molecular complexity index is 1080. The van der Waals surface area contributed by atoms with Crippen molar-refractivity contribution in [1.29, 1.82) is 0 Å². The molecule has 0 aromatic rings. The van der Waals surface area contributed by atoms with Crippen molar-refractivity contribution >= 4 is 11.9 Å². The normalized spacial score (nSPS) is 12.7. The molecule has 6 heteroatoms. The quantitative estimate of drug-likeness (QED) is 0.0321. The topological polar surface area (TPSA) is 95.9 Å². The van der Waals surface area contributed by atoms with Crippen LogP contribution in [0.15, 0.2) is 24.3 Å². The van der Waals surface area contributed by atoms with Crippen LogP contribution in [0, 0.1) is 0 Å². The van der Waals surface area contributed by atoms with E-state index in [9.17, 15) is 19.8 Å². The van der Waals surface area contributed by atoms with Crippen molar-refractivity contribution in [2.75, 3.05) is 13.2 Å². The number of aliphatic hydroxyl groups is 2. The summed E-state index contributed by atoms with van der Waals surface area (Å²) in [5, 5.41) is 23.1. The molecule has 3 N–H and O–H groups in total. The van der Waals surface area contributed by atoms with Gasteiger partial charge in [-0.1, -0.05) is 295 Å². The van der Waals surface area contributed by atoms with Crippen LogP contribution in [0.4, 0.5) is 0 Å². The first-order valence-electron chi connectivity index (χ1n) is 31.1. The number of esters is 1. The molecule has 2 atom stereocenters. The summed E-state index contributed by atoms with van der Waals surface area (Å²) in [5.41, 5.74) is 0. The van der Waals surface area contributed by atoms with Crippen molar-refractivity contribution in [3.63, 3.8) is 0 Å². The Labute approximate surface area is 431 Å². The van der Waals surface area contributed by atoms with Gasteiger partial charge < -0.3 is 20.3 Å². The maximum absolute atomic E-state index is 12.5. The Morgan fingerprint density at radius 3 is 1.03 bits per heavy atom. The number of carbonyl (C=O) groups excluding carboxylic acids is 2. The molecule has 1 amide bonds. The van der Waals surface area contributed by atoms with E-state index in [-0.39, 0.29) is 18.5 Å². The molecule has 0 aliphatic heterocycles. The van der Waals surface area contributed by atoms with E-state index in [1.807, 2.05) is 6.08 Å². The number of unbranched alkanes of at least 4 members (excludes halogenated alkanes) is 45. The van der Waals surface area contributed by atoms with Crippen LogP contribution < -0.4 is 5.32 Å². The van der Waals surface area contributed by atoms with Gasteiger partial charge in [0.25, 0.3) is 0 Å². The zero-order chi connectivity index (χ0) is 50.0. The largest absolute Gasteiger partial charge is 0.466 e. The van der Waals surface area contributed by atoms with Gasteiger partial charge in [-0.25, -0.2) is 0 Å². The first-order chi connectivity index (χ1) is 34.0. The number of amides is 1. The second-order valence-corrected chi connectivity index (χ2v) is 21.4. The lowest BCUT2D eigenvalue weighted by Gasteiger charge is -2.20. The average molecular weight is 973 g/mol. The number of rotatable bonds is 58. The number of aliphatic hydroxyl groups excluding tert-OH is 2. The summed E-state index contributed by atoms with van der Waals surface area (Å²) in [5.74, 6) is -0.0681. The Kier molecular flexibility index (Phi) is 57.5. The van der Waals surface area contributed by atoms with Gasteiger partial charge in [0, 0.05) is 12.8 Å². The Morgan fingerprint density at radius 2 is 0.681 bits per heavy atom. The van der Waals surface area contributed by atoms with E-state index in [0.29, 0.717) is 19.4 Å². The molecule has 0 saturated carbocycles. The molecule has 0 aromatic heterocycles. The standard InChI is InChI=1S/C63H121NO5/c1-3-5-7-9-11-13-15-17-19-20-25-29-33-37-41-45-49-53-57-63(68)69-58-54-50-46-42-38-34-30-26-23-21-22-24-28-32-36-40-44-48-52-56-62(67)64-60(59-65)61(66)55-51-47-43-39-35-31-27-18-16-14-12-10-8-6-4-2/h21-22,51,55,60-61,65-66H,3-20,23-50,52-54,56-59H2,1-2H3,(H,64,67)/b22-21-,55-51+. The Morgan fingerprint density at radius 1 is 0.391 bits per heavy atom. The number of carbonyl (C=O) groups is 2. The lowest BCUT2D eigenvalue weighted by Crippen LogP contribution is -2.45. The van der Waals surface area contributed by atoms with Crippen molar-refractivity contribution < 1.29 is 24.5 Å². The van der Waals surface area contributed by atoms with Gasteiger partial charge in [-0.05, 0) is 57.8 Å². The van der Waals surface area contributed by atoms with Crippen LogP contribution in [-0.4, -0.2) is 47.4 Å². The minimum absolute atomic E-state index is 0.00791. The van der Waals surface area contributed by atoms with Crippen LogP contribution >= 0.6 is 0 Å². The summed E-state index contributed by atoms with van der Waals surface area (Å²) in [6, 6.07) is -0.634. The molecule has 69 heavy (non-hydrogen) atoms. The second-order valence-electron chi connectivity index (χ2n) is 21.4. The third-order valence-corrected chi connectivity index (χ3v) is 14.5. The molecular weight excluding hydrogens is 851 g/mol. The Balaban J connectivity index is 3.43. The van der Waals surface area contributed by atoms with Gasteiger partial charge in [0.15, 0.2) is 0 Å². The molecule has 0 rings (SSSR count). The molecule has 0 fully saturated rings. The first-order valence-corrected chi connectivity index (χ1v) is 31.1. The van der Waals surface area contributed by atoms with Crippen LogP contribution in [0.2, 0.25) is 0 Å². The van der Waals surface area contributed by atoms with Crippen molar-refractivity contribution in [1.82, 2.24) is 5.32 Å². The number of ether oxygens (including phenoxy) is 1. The van der Waals surface area contributed by atoms with Gasteiger partial charge in [-0.2, -0.15) is 0 Å². The van der Waals surface area contributed by atoms with Crippen molar-refractivity contribution in [3.05, 3.63) is 24.3 Å². The highest BCUT2D eigenvalue weighted by Gasteiger charge is 2.18. The lowest BCUT2D eigenvalue weighted by molar-refractivity contribution is -0.143. The lowest BCUT2D eigenvalue weighted by atomic mass is 10.0. The molecule has 0 aromatic carbocycles. The molecule has 0 spiro atoms. The fraction of sp³-hybridized carbons (Fsp3) is 0.905. The smallest absolute Gasteiger partial charge is 0.305 e. The maximum Gasteiger partial charge on any atom is 0.305 e. The zero-order valence-electron chi connectivity index (χ0n) is 46.6. The van der Waals surface area contributed by atoms with E-state index in [1.165, 1.54) is 270 Å². The zero-order valence-corrected chi connectivity index (χ0v) is 46.6. The summed E-state index contributed by atoms with van der Waals surface area (Å²) >= 11 is 0. The fourth-order valence-corrected chi connectivity index (χ4v) is 9.69. The number of hydrogen-bond donors (Lipinski definition) is 3. The van der Waals surface area contributed by atoms with Gasteiger partial charge in [-0.15, -0.1) is 0 Å². The summed E-state index contributed by atoms with van der Waals surface area (Å²) in [7, 11) is 0. The minimum Gasteiger partial charge on any atom is -0.466 e. The van der Waals surface area contributed by atoms with Gasteiger partial charge in [0.2, 0.25) is 5.91 Å². The highest BCUT2D eigenvalue weighted by Crippen LogP contribution is 2.17. The molecule has 2 unspecified atom stereocenters. The van der Waals surface area contributed by atoms with Crippen LogP contribution in [0.5, 0.6) is 0 Å². The predicted molar refractivity (Wildman–Crippen MR) is 301 cm³/mol. The van der Waals surface area contributed by atoms with E-state index >= 15 is 0 Å². The van der Waals surface area contributed by atoms with E-state index in [0.717, 1.165) is 44.9 Å². The van der Waals surface area contributed by atoms with E-state index in [4.69, 9.17) is 4.74 Å². The third-order valence-electron chi connectivity index (χ3n) is 14.5. The summed E-state index contributed by atoms with van der Waals surface area (Å²) in [6.45, 7) is 4.91. The summed E-state index contributed by atoms with van der Waals surface area (Å²) in [4.78, 5) is 24.5. The van der Waals surface area contributed by atoms with Crippen molar-refractivity contribution in [2.24, 2.45) is 0 Å². The Hall–Kier alpha value is -1.66. The fourth-order valence-electron chi connectivity index (χ4n) is 9.69. The van der Waals surface area contributed by atoms with Crippen LogP contribution in [0.25, 0.3) is 0 Å². The monoisotopic (exact) mass is 972 g/mol. The third kappa shape index (κ3) is 55.5. The second kappa shape index (κ2) is 58.9.